The summed E-state index contributed by atoms with van der Waals surface area (Å²) in [7, 11) is 0. The Balaban J connectivity index is 1.71. The summed E-state index contributed by atoms with van der Waals surface area (Å²) in [5, 5.41) is 9.22. The molecule has 43 heavy (non-hydrogen) atoms. The Bertz CT molecular complexity index is 1150. The topological polar surface area (TPSA) is 90.4 Å². The molecule has 4 rings (SSSR count). The van der Waals surface area contributed by atoms with Crippen LogP contribution in [0.2, 0.25) is 0 Å². The zero-order valence-corrected chi connectivity index (χ0v) is 27.3. The third kappa shape index (κ3) is 6.64. The summed E-state index contributed by atoms with van der Waals surface area (Å²) in [4.78, 5) is 48.5. The Labute approximate surface area is 265 Å². The summed E-state index contributed by atoms with van der Waals surface area (Å²) in [6.07, 6.45) is 8.28. The highest BCUT2D eigenvalue weighted by Gasteiger charge is 2.76. The summed E-state index contributed by atoms with van der Waals surface area (Å²) in [5.74, 6) is -1.88. The molecule has 0 aromatic heterocycles. The fourth-order valence-corrected chi connectivity index (χ4v) is 8.38. The summed E-state index contributed by atoms with van der Waals surface area (Å²) < 4.78 is 6.77. The fourth-order valence-electron chi connectivity index (χ4n) is 7.44. The lowest BCUT2D eigenvalue weighted by atomic mass is 9.70. The molecule has 1 N–H and O–H groups in total. The molecule has 0 aliphatic carbocycles. The molecule has 3 aliphatic rings. The SMILES string of the molecule is C=CCN(Cc1ccccc1)C(=O)[C@H]1[C@H]2C(=O)N(CCCCCCO)C(C(=O)N(CC=C)C(C)CCC)C23CC(Br)[C@@H]1O3. The quantitative estimate of drug-likeness (QED) is 0.149. The van der Waals surface area contributed by atoms with Crippen LogP contribution in [-0.4, -0.2) is 92.4 Å². The number of halogens is 1. The predicted molar refractivity (Wildman–Crippen MR) is 171 cm³/mol. The van der Waals surface area contributed by atoms with Crippen LogP contribution in [0.5, 0.6) is 0 Å². The smallest absolute Gasteiger partial charge is 0.248 e. The van der Waals surface area contributed by atoms with Gasteiger partial charge in [0.15, 0.2) is 0 Å². The lowest BCUT2D eigenvalue weighted by Gasteiger charge is -2.39. The van der Waals surface area contributed by atoms with E-state index in [1.54, 1.807) is 22.0 Å². The van der Waals surface area contributed by atoms with Crippen LogP contribution in [0.1, 0.15) is 64.4 Å². The molecule has 1 aromatic rings. The number of alkyl halides is 1. The van der Waals surface area contributed by atoms with E-state index in [0.29, 0.717) is 45.4 Å². The predicted octanol–water partition coefficient (Wildman–Crippen LogP) is 4.71. The van der Waals surface area contributed by atoms with Crippen LogP contribution in [0.15, 0.2) is 55.6 Å². The molecule has 8 nitrogen and oxygen atoms in total. The number of hydrogen-bond donors (Lipinski definition) is 1. The standard InChI is InChI=1S/C34H48BrN3O5/c1-5-15-24(4)37(19-7-3)33(42)30-34-22-26(35)29(43-34)27(28(34)32(41)38(30)20-13-8-9-14-21-39)31(40)36(18-6-2)23-25-16-11-10-12-17-25/h6-7,10-12,16-17,24,26-30,39H,2-3,5,8-9,13-15,18-23H2,1,4H3/t24?,26?,27-,28-,29-,30?,34?/m0/s1. The summed E-state index contributed by atoms with van der Waals surface area (Å²) in [5.41, 5.74) is -0.0942. The van der Waals surface area contributed by atoms with Gasteiger partial charge < -0.3 is 24.5 Å². The zero-order chi connectivity index (χ0) is 31.1. The minimum absolute atomic E-state index is 0.0304. The molecular formula is C34H48BrN3O5. The fraction of sp³-hybridized carbons (Fsp3) is 0.618. The molecule has 236 valence electrons. The van der Waals surface area contributed by atoms with Crippen molar-refractivity contribution in [3.05, 3.63) is 61.2 Å². The number of carbonyl (C=O) groups is 3. The van der Waals surface area contributed by atoms with Crippen LogP contribution in [0.25, 0.3) is 0 Å². The Kier molecular flexibility index (Phi) is 11.6. The molecule has 3 aliphatic heterocycles. The van der Waals surface area contributed by atoms with Gasteiger partial charge in [0.05, 0.1) is 17.9 Å². The third-order valence-corrected chi connectivity index (χ3v) is 10.2. The number of unbranched alkanes of at least 4 members (excludes halogenated alkanes) is 3. The maximum Gasteiger partial charge on any atom is 0.248 e. The highest BCUT2D eigenvalue weighted by Crippen LogP contribution is 2.60. The van der Waals surface area contributed by atoms with Gasteiger partial charge in [-0.3, -0.25) is 14.4 Å². The van der Waals surface area contributed by atoms with Crippen LogP contribution >= 0.6 is 15.9 Å². The van der Waals surface area contributed by atoms with E-state index in [9.17, 15) is 19.5 Å². The first kappa shape index (κ1) is 33.4. The molecule has 3 heterocycles. The van der Waals surface area contributed by atoms with Gasteiger partial charge >= 0.3 is 0 Å². The van der Waals surface area contributed by atoms with Gasteiger partial charge in [-0.25, -0.2) is 0 Å². The lowest BCUT2D eigenvalue weighted by molar-refractivity contribution is -0.150. The van der Waals surface area contributed by atoms with Crippen LogP contribution in [0.4, 0.5) is 0 Å². The number of hydrogen-bond acceptors (Lipinski definition) is 5. The van der Waals surface area contributed by atoms with E-state index >= 15 is 0 Å². The van der Waals surface area contributed by atoms with Crippen molar-refractivity contribution < 1.29 is 24.2 Å². The maximum atomic E-state index is 14.6. The largest absolute Gasteiger partial charge is 0.396 e. The second-order valence-corrected chi connectivity index (χ2v) is 13.4. The first-order chi connectivity index (χ1) is 20.7. The Hall–Kier alpha value is -2.49. The van der Waals surface area contributed by atoms with Crippen molar-refractivity contribution >= 4 is 33.7 Å². The van der Waals surface area contributed by atoms with Crippen LogP contribution in [0.3, 0.4) is 0 Å². The maximum absolute atomic E-state index is 14.6. The molecule has 0 radical (unpaired) electrons. The zero-order valence-electron chi connectivity index (χ0n) is 25.7. The highest BCUT2D eigenvalue weighted by molar-refractivity contribution is 9.09. The number of ether oxygens (including phenoxy) is 1. The molecule has 3 amide bonds. The first-order valence-corrected chi connectivity index (χ1v) is 16.7. The van der Waals surface area contributed by atoms with E-state index in [0.717, 1.165) is 31.2 Å². The van der Waals surface area contributed by atoms with Gasteiger partial charge in [0.25, 0.3) is 0 Å². The van der Waals surface area contributed by atoms with Gasteiger partial charge in [-0.15, -0.1) is 13.2 Å². The van der Waals surface area contributed by atoms with E-state index in [2.05, 4.69) is 36.0 Å². The number of carbonyl (C=O) groups excluding carboxylic acids is 3. The molecular weight excluding hydrogens is 610 g/mol. The van der Waals surface area contributed by atoms with E-state index < -0.39 is 29.6 Å². The average molecular weight is 659 g/mol. The average Bonchev–Trinajstić information content (AvgIpc) is 3.58. The van der Waals surface area contributed by atoms with E-state index in [1.165, 1.54) is 0 Å². The Morgan fingerprint density at radius 3 is 2.49 bits per heavy atom. The lowest BCUT2D eigenvalue weighted by Crippen LogP contribution is -2.58. The summed E-state index contributed by atoms with van der Waals surface area (Å²) >= 11 is 3.80. The molecule has 0 saturated carbocycles. The van der Waals surface area contributed by atoms with E-state index in [-0.39, 0.29) is 35.2 Å². The van der Waals surface area contributed by atoms with E-state index in [1.807, 2.05) is 42.2 Å². The summed E-state index contributed by atoms with van der Waals surface area (Å²) in [6.45, 7) is 13.6. The molecule has 4 unspecified atom stereocenters. The minimum Gasteiger partial charge on any atom is -0.396 e. The number of nitrogens with zero attached hydrogens (tertiary/aromatic N) is 3. The molecule has 1 aromatic carbocycles. The molecule has 1 spiro atoms. The van der Waals surface area contributed by atoms with Gasteiger partial charge in [-0.1, -0.05) is 84.6 Å². The van der Waals surface area contributed by atoms with Crippen LogP contribution < -0.4 is 0 Å². The Morgan fingerprint density at radius 1 is 1.14 bits per heavy atom. The highest BCUT2D eigenvalue weighted by atomic mass is 79.9. The van der Waals surface area contributed by atoms with Crippen molar-refractivity contribution in [1.29, 1.82) is 0 Å². The van der Waals surface area contributed by atoms with Gasteiger partial charge in [0.1, 0.15) is 11.6 Å². The van der Waals surface area contributed by atoms with Crippen molar-refractivity contribution in [1.82, 2.24) is 14.7 Å². The van der Waals surface area contributed by atoms with Crippen molar-refractivity contribution in [3.63, 3.8) is 0 Å². The minimum atomic E-state index is -1.09. The van der Waals surface area contributed by atoms with Gasteiger partial charge in [0.2, 0.25) is 17.7 Å². The molecule has 2 bridgehead atoms. The molecule has 3 fully saturated rings. The van der Waals surface area contributed by atoms with Crippen molar-refractivity contribution in [3.8, 4) is 0 Å². The number of aliphatic hydroxyl groups excluding tert-OH is 1. The van der Waals surface area contributed by atoms with Gasteiger partial charge in [-0.2, -0.15) is 0 Å². The Morgan fingerprint density at radius 2 is 1.84 bits per heavy atom. The van der Waals surface area contributed by atoms with Crippen LogP contribution in [-0.2, 0) is 25.7 Å². The van der Waals surface area contributed by atoms with Gasteiger partial charge in [0, 0.05) is 43.7 Å². The molecule has 9 heteroatoms. The van der Waals surface area contributed by atoms with Crippen molar-refractivity contribution in [2.45, 2.75) is 94.0 Å². The van der Waals surface area contributed by atoms with Gasteiger partial charge in [-0.05, 0) is 38.2 Å². The summed E-state index contributed by atoms with van der Waals surface area (Å²) in [6, 6.07) is 8.95. The number of likely N-dealkylation sites (tertiary alicyclic amines) is 1. The monoisotopic (exact) mass is 657 g/mol. The van der Waals surface area contributed by atoms with E-state index in [4.69, 9.17) is 4.74 Å². The number of benzene rings is 1. The molecule has 3 saturated heterocycles. The number of aliphatic hydroxyl groups is 1. The van der Waals surface area contributed by atoms with Crippen molar-refractivity contribution in [2.75, 3.05) is 26.2 Å². The number of rotatable bonds is 17. The normalized spacial score (nSPS) is 28.0. The molecule has 7 atom stereocenters. The van der Waals surface area contributed by atoms with Crippen molar-refractivity contribution in [2.24, 2.45) is 11.8 Å². The second kappa shape index (κ2) is 15.0. The first-order valence-electron chi connectivity index (χ1n) is 15.8. The number of fused-ring (bicyclic) bond motifs is 1. The third-order valence-electron chi connectivity index (χ3n) is 9.34. The second-order valence-electron chi connectivity index (χ2n) is 12.2. The van der Waals surface area contributed by atoms with Crippen LogP contribution in [0, 0.1) is 11.8 Å². The number of amides is 3.